The zero-order valence-electron chi connectivity index (χ0n) is 6.23. The Kier molecular flexibility index (Phi) is 2.80. The second-order valence-electron chi connectivity index (χ2n) is 3.12. The minimum absolute atomic E-state index is 0.965. The monoisotopic (exact) mass is 238 g/mol. The molecule has 0 aliphatic heterocycles. The Morgan fingerprint density at radius 2 is 2.11 bits per heavy atom. The molecule has 1 aliphatic rings. The van der Waals surface area contributed by atoms with Crippen molar-refractivity contribution < 1.29 is 0 Å². The second kappa shape index (κ2) is 3.22. The molecule has 1 unspecified atom stereocenters. The van der Waals surface area contributed by atoms with Gasteiger partial charge in [-0.15, -0.1) is 0 Å². The van der Waals surface area contributed by atoms with E-state index < -0.39 is 0 Å². The van der Waals surface area contributed by atoms with E-state index in [-0.39, 0.29) is 0 Å². The van der Waals surface area contributed by atoms with Crippen LogP contribution in [0, 0.1) is 11.8 Å². The summed E-state index contributed by atoms with van der Waals surface area (Å²) in [6.45, 7) is 4.72. The number of rotatable bonds is 1. The Morgan fingerprint density at radius 3 is 2.33 bits per heavy atom. The van der Waals surface area contributed by atoms with E-state index in [0.29, 0.717) is 0 Å². The fourth-order valence-electron chi connectivity index (χ4n) is 1.77. The molecule has 0 nitrogen and oxygen atoms in total. The molecule has 0 aromatic heterocycles. The molecule has 0 spiro atoms. The molecule has 0 bridgehead atoms. The average Bonchev–Trinajstić information content (AvgIpc) is 2.15. The van der Waals surface area contributed by atoms with Crippen molar-refractivity contribution in [3.63, 3.8) is 0 Å². The molecular weight excluding hydrogens is 223 g/mol. The van der Waals surface area contributed by atoms with Crippen LogP contribution >= 0.6 is 22.6 Å². The first kappa shape index (κ1) is 7.83. The SMILES string of the molecule is CC[C@H]1CCC(I)[C@@H]1C. The van der Waals surface area contributed by atoms with Crippen LogP contribution < -0.4 is 0 Å². The number of alkyl halides is 1. The van der Waals surface area contributed by atoms with Gasteiger partial charge in [0, 0.05) is 3.92 Å². The first-order valence-corrected chi connectivity index (χ1v) is 5.14. The van der Waals surface area contributed by atoms with E-state index in [4.69, 9.17) is 0 Å². The van der Waals surface area contributed by atoms with Crippen LogP contribution in [0.25, 0.3) is 0 Å². The van der Waals surface area contributed by atoms with Crippen LogP contribution in [0.15, 0.2) is 0 Å². The van der Waals surface area contributed by atoms with Gasteiger partial charge in [0.25, 0.3) is 0 Å². The van der Waals surface area contributed by atoms with Crippen molar-refractivity contribution in [2.24, 2.45) is 11.8 Å². The van der Waals surface area contributed by atoms with Crippen molar-refractivity contribution in [2.75, 3.05) is 0 Å². The van der Waals surface area contributed by atoms with Gasteiger partial charge in [0.2, 0.25) is 0 Å². The van der Waals surface area contributed by atoms with E-state index in [1.54, 1.807) is 0 Å². The molecule has 0 aromatic rings. The number of hydrogen-bond donors (Lipinski definition) is 0. The summed E-state index contributed by atoms with van der Waals surface area (Å²) in [5.74, 6) is 2.02. The Balaban J connectivity index is 2.41. The summed E-state index contributed by atoms with van der Waals surface area (Å²) in [4.78, 5) is 0. The van der Waals surface area contributed by atoms with Crippen LogP contribution in [0.1, 0.15) is 33.1 Å². The Bertz CT molecular complexity index is 90.6. The highest BCUT2D eigenvalue weighted by Gasteiger charge is 2.28. The summed E-state index contributed by atoms with van der Waals surface area (Å²) in [7, 11) is 0. The second-order valence-corrected chi connectivity index (χ2v) is 4.72. The van der Waals surface area contributed by atoms with Gasteiger partial charge in [-0.2, -0.15) is 0 Å². The Morgan fingerprint density at radius 1 is 1.44 bits per heavy atom. The molecule has 9 heavy (non-hydrogen) atoms. The van der Waals surface area contributed by atoms with Gasteiger partial charge in [-0.05, 0) is 24.7 Å². The van der Waals surface area contributed by atoms with Crippen molar-refractivity contribution in [1.82, 2.24) is 0 Å². The lowest BCUT2D eigenvalue weighted by molar-refractivity contribution is 0.415. The van der Waals surface area contributed by atoms with Crippen LogP contribution in [-0.2, 0) is 0 Å². The Labute approximate surface area is 71.5 Å². The van der Waals surface area contributed by atoms with Crippen LogP contribution in [0.4, 0.5) is 0 Å². The van der Waals surface area contributed by atoms with Crippen molar-refractivity contribution in [1.29, 1.82) is 0 Å². The van der Waals surface area contributed by atoms with Gasteiger partial charge < -0.3 is 0 Å². The maximum absolute atomic E-state index is 2.60. The molecule has 0 radical (unpaired) electrons. The predicted molar refractivity (Wildman–Crippen MR) is 50.0 cm³/mol. The maximum atomic E-state index is 2.60. The smallest absolute Gasteiger partial charge is 0.0138 e. The first-order valence-electron chi connectivity index (χ1n) is 3.89. The van der Waals surface area contributed by atoms with Crippen molar-refractivity contribution in [3.8, 4) is 0 Å². The molecule has 1 aliphatic carbocycles. The van der Waals surface area contributed by atoms with E-state index >= 15 is 0 Å². The van der Waals surface area contributed by atoms with Crippen LogP contribution in [0.2, 0.25) is 0 Å². The summed E-state index contributed by atoms with van der Waals surface area (Å²) in [5, 5.41) is 0. The Hall–Kier alpha value is 0.730. The average molecular weight is 238 g/mol. The summed E-state index contributed by atoms with van der Waals surface area (Å²) in [6.07, 6.45) is 4.33. The largest absolute Gasteiger partial charge is 0.0823 e. The first-order chi connectivity index (χ1) is 4.25. The molecule has 0 amide bonds. The molecule has 1 rings (SSSR count). The quantitative estimate of drug-likeness (QED) is 0.486. The molecule has 0 saturated heterocycles. The minimum atomic E-state index is 0.965. The topological polar surface area (TPSA) is 0 Å². The summed E-state index contributed by atoms with van der Waals surface area (Å²) >= 11 is 2.60. The van der Waals surface area contributed by atoms with Crippen LogP contribution in [0.3, 0.4) is 0 Å². The van der Waals surface area contributed by atoms with Crippen LogP contribution in [0.5, 0.6) is 0 Å². The summed E-state index contributed by atoms with van der Waals surface area (Å²) < 4.78 is 0.965. The highest BCUT2D eigenvalue weighted by atomic mass is 127. The molecule has 0 heterocycles. The highest BCUT2D eigenvalue weighted by molar-refractivity contribution is 14.1. The zero-order chi connectivity index (χ0) is 6.85. The lowest BCUT2D eigenvalue weighted by Gasteiger charge is -2.14. The van der Waals surface area contributed by atoms with Crippen molar-refractivity contribution in [2.45, 2.75) is 37.0 Å². The third kappa shape index (κ3) is 1.60. The third-order valence-electron chi connectivity index (χ3n) is 2.65. The predicted octanol–water partition coefficient (Wildman–Crippen LogP) is 3.25. The molecule has 0 aromatic carbocycles. The molecule has 1 fully saturated rings. The van der Waals surface area contributed by atoms with Crippen molar-refractivity contribution >= 4 is 22.6 Å². The van der Waals surface area contributed by atoms with Gasteiger partial charge in [0.1, 0.15) is 0 Å². The van der Waals surface area contributed by atoms with E-state index in [0.717, 1.165) is 15.8 Å². The van der Waals surface area contributed by atoms with E-state index in [1.165, 1.54) is 19.3 Å². The highest BCUT2D eigenvalue weighted by Crippen LogP contribution is 2.38. The van der Waals surface area contributed by atoms with Gasteiger partial charge >= 0.3 is 0 Å². The number of hydrogen-bond acceptors (Lipinski definition) is 0. The minimum Gasteiger partial charge on any atom is -0.0823 e. The van der Waals surface area contributed by atoms with Gasteiger partial charge in [-0.1, -0.05) is 42.9 Å². The fourth-order valence-corrected chi connectivity index (χ4v) is 2.72. The molecule has 1 saturated carbocycles. The van der Waals surface area contributed by atoms with Gasteiger partial charge in [-0.3, -0.25) is 0 Å². The summed E-state index contributed by atoms with van der Waals surface area (Å²) in [6, 6.07) is 0. The normalized spacial score (nSPS) is 43.7. The molecular formula is C8H15I. The van der Waals surface area contributed by atoms with Gasteiger partial charge in [0.15, 0.2) is 0 Å². The number of halogens is 1. The van der Waals surface area contributed by atoms with Crippen LogP contribution in [-0.4, -0.2) is 3.92 Å². The zero-order valence-corrected chi connectivity index (χ0v) is 8.39. The maximum Gasteiger partial charge on any atom is 0.0138 e. The third-order valence-corrected chi connectivity index (χ3v) is 4.41. The lowest BCUT2D eigenvalue weighted by atomic mass is 9.96. The molecule has 1 heteroatoms. The van der Waals surface area contributed by atoms with E-state index in [9.17, 15) is 0 Å². The van der Waals surface area contributed by atoms with Crippen molar-refractivity contribution in [3.05, 3.63) is 0 Å². The molecule has 0 N–H and O–H groups in total. The van der Waals surface area contributed by atoms with Gasteiger partial charge in [-0.25, -0.2) is 0 Å². The standard InChI is InChI=1S/C8H15I/c1-3-7-4-5-8(9)6(7)2/h6-8H,3-5H2,1-2H3/t6-,7+,8?/m1/s1. The molecule has 3 atom stereocenters. The van der Waals surface area contributed by atoms with E-state index in [2.05, 4.69) is 36.4 Å². The molecule has 54 valence electrons. The van der Waals surface area contributed by atoms with Gasteiger partial charge in [0.05, 0.1) is 0 Å². The van der Waals surface area contributed by atoms with E-state index in [1.807, 2.05) is 0 Å². The lowest BCUT2D eigenvalue weighted by Crippen LogP contribution is -2.08. The fraction of sp³-hybridized carbons (Fsp3) is 1.00. The summed E-state index contributed by atoms with van der Waals surface area (Å²) in [5.41, 5.74) is 0.